The monoisotopic (exact) mass is 314 g/mol. The molecule has 1 aromatic carbocycles. The van der Waals surface area contributed by atoms with Gasteiger partial charge in [-0.15, -0.1) is 0 Å². The summed E-state index contributed by atoms with van der Waals surface area (Å²) in [7, 11) is 0. The van der Waals surface area contributed by atoms with Gasteiger partial charge in [0.2, 0.25) is 11.8 Å². The molecule has 0 unspecified atom stereocenters. The summed E-state index contributed by atoms with van der Waals surface area (Å²) < 4.78 is 0.794. The lowest BCUT2D eigenvalue weighted by Crippen LogP contribution is -2.39. The van der Waals surface area contributed by atoms with E-state index in [2.05, 4.69) is 15.9 Å². The van der Waals surface area contributed by atoms with Gasteiger partial charge < -0.3 is 17.2 Å². The Labute approximate surface area is 113 Å². The number of carbonyl (C=O) groups excluding carboxylic acids is 2. The minimum Gasteiger partial charge on any atom is -0.398 e. The fourth-order valence-corrected chi connectivity index (χ4v) is 1.80. The number of rotatable bonds is 6. The molecule has 7 heteroatoms. The van der Waals surface area contributed by atoms with E-state index in [-0.39, 0.29) is 13.1 Å². The first-order valence-corrected chi connectivity index (χ1v) is 6.00. The summed E-state index contributed by atoms with van der Waals surface area (Å²) in [4.78, 5) is 23.4. The highest BCUT2D eigenvalue weighted by Gasteiger charge is 2.12. The fourth-order valence-electron chi connectivity index (χ4n) is 1.56. The summed E-state index contributed by atoms with van der Waals surface area (Å²) in [6, 6.07) is 5.41. The summed E-state index contributed by atoms with van der Waals surface area (Å²) in [5.41, 5.74) is 17.4. The number of nitrogens with zero attached hydrogens (tertiary/aromatic N) is 1. The van der Waals surface area contributed by atoms with Crippen LogP contribution in [0.3, 0.4) is 0 Å². The standard InChI is InChI=1S/C11H15BrN4O2/c12-8-2-1-7(3-9(8)13)4-16(5-10(14)17)6-11(15)18/h1-3H,4-6,13H2,(H2,14,17)(H2,15,18). The Kier molecular flexibility index (Phi) is 5.11. The number of anilines is 1. The maximum Gasteiger partial charge on any atom is 0.231 e. The first-order valence-electron chi connectivity index (χ1n) is 5.21. The molecule has 0 bridgehead atoms. The predicted octanol–water partition coefficient (Wildman–Crippen LogP) is -0.196. The molecule has 0 aliphatic rings. The van der Waals surface area contributed by atoms with Gasteiger partial charge >= 0.3 is 0 Å². The maximum atomic E-state index is 10.9. The molecule has 2 amide bonds. The highest BCUT2D eigenvalue weighted by atomic mass is 79.9. The number of amides is 2. The Bertz CT molecular complexity index is 448. The molecule has 0 atom stereocenters. The van der Waals surface area contributed by atoms with Crippen molar-refractivity contribution in [1.29, 1.82) is 0 Å². The highest BCUT2D eigenvalue weighted by molar-refractivity contribution is 9.10. The molecule has 0 aliphatic carbocycles. The van der Waals surface area contributed by atoms with Crippen LogP contribution in [-0.4, -0.2) is 29.8 Å². The Hall–Kier alpha value is -1.60. The van der Waals surface area contributed by atoms with Crippen LogP contribution in [0, 0.1) is 0 Å². The van der Waals surface area contributed by atoms with Gasteiger partial charge in [-0.05, 0) is 33.6 Å². The van der Waals surface area contributed by atoms with Gasteiger partial charge in [-0.25, -0.2) is 0 Å². The molecule has 98 valence electrons. The van der Waals surface area contributed by atoms with Gasteiger partial charge in [0, 0.05) is 16.7 Å². The number of carbonyl (C=O) groups is 2. The van der Waals surface area contributed by atoms with E-state index in [1.807, 2.05) is 6.07 Å². The van der Waals surface area contributed by atoms with E-state index in [0.717, 1.165) is 10.0 Å². The number of primary amides is 2. The van der Waals surface area contributed by atoms with Crippen molar-refractivity contribution in [3.8, 4) is 0 Å². The van der Waals surface area contributed by atoms with Crippen LogP contribution in [0.5, 0.6) is 0 Å². The molecule has 0 radical (unpaired) electrons. The lowest BCUT2D eigenvalue weighted by atomic mass is 10.2. The van der Waals surface area contributed by atoms with E-state index in [9.17, 15) is 9.59 Å². The molecule has 6 nitrogen and oxygen atoms in total. The molecule has 0 saturated carbocycles. The lowest BCUT2D eigenvalue weighted by Gasteiger charge is -2.19. The van der Waals surface area contributed by atoms with Gasteiger partial charge in [-0.2, -0.15) is 0 Å². The van der Waals surface area contributed by atoms with Crippen molar-refractivity contribution in [2.24, 2.45) is 11.5 Å². The first-order chi connectivity index (χ1) is 8.38. The Morgan fingerprint density at radius 3 is 2.17 bits per heavy atom. The summed E-state index contributed by atoms with van der Waals surface area (Å²) in [6.07, 6.45) is 0. The van der Waals surface area contributed by atoms with E-state index in [4.69, 9.17) is 17.2 Å². The van der Waals surface area contributed by atoms with Gasteiger partial charge in [0.25, 0.3) is 0 Å². The third kappa shape index (κ3) is 4.72. The topological polar surface area (TPSA) is 115 Å². The van der Waals surface area contributed by atoms with Crippen LogP contribution in [-0.2, 0) is 16.1 Å². The van der Waals surface area contributed by atoms with Gasteiger partial charge in [0.1, 0.15) is 0 Å². The molecule has 1 aromatic rings. The average molecular weight is 315 g/mol. The van der Waals surface area contributed by atoms with Crippen LogP contribution in [0.2, 0.25) is 0 Å². The zero-order chi connectivity index (χ0) is 13.7. The number of nitrogens with two attached hydrogens (primary N) is 3. The van der Waals surface area contributed by atoms with Crippen LogP contribution in [0.15, 0.2) is 22.7 Å². The first kappa shape index (κ1) is 14.5. The average Bonchev–Trinajstić information content (AvgIpc) is 2.21. The summed E-state index contributed by atoms with van der Waals surface area (Å²) >= 11 is 3.29. The van der Waals surface area contributed by atoms with Crippen molar-refractivity contribution in [2.75, 3.05) is 18.8 Å². The van der Waals surface area contributed by atoms with Gasteiger partial charge in [0.15, 0.2) is 0 Å². The van der Waals surface area contributed by atoms with Crippen molar-refractivity contribution < 1.29 is 9.59 Å². The molecular formula is C11H15BrN4O2. The van der Waals surface area contributed by atoms with Crippen LogP contribution >= 0.6 is 15.9 Å². The zero-order valence-corrected chi connectivity index (χ0v) is 11.3. The Balaban J connectivity index is 2.77. The van der Waals surface area contributed by atoms with E-state index < -0.39 is 11.8 Å². The van der Waals surface area contributed by atoms with Crippen LogP contribution in [0.25, 0.3) is 0 Å². The van der Waals surface area contributed by atoms with Crippen LogP contribution in [0.4, 0.5) is 5.69 Å². The molecule has 6 N–H and O–H groups in total. The molecule has 0 fully saturated rings. The second-order valence-corrected chi connectivity index (χ2v) is 4.79. The molecule has 18 heavy (non-hydrogen) atoms. The second kappa shape index (κ2) is 6.36. The third-order valence-electron chi connectivity index (χ3n) is 2.23. The number of nitrogen functional groups attached to an aromatic ring is 1. The molecule has 0 aromatic heterocycles. The molecule has 0 heterocycles. The second-order valence-electron chi connectivity index (χ2n) is 3.93. The number of benzene rings is 1. The summed E-state index contributed by atoms with van der Waals surface area (Å²) in [6.45, 7) is 0.321. The number of hydrogen-bond acceptors (Lipinski definition) is 4. The van der Waals surface area contributed by atoms with Gasteiger partial charge in [-0.1, -0.05) is 6.07 Å². The van der Waals surface area contributed by atoms with Gasteiger partial charge in [-0.3, -0.25) is 14.5 Å². The van der Waals surface area contributed by atoms with Crippen LogP contribution < -0.4 is 17.2 Å². The van der Waals surface area contributed by atoms with E-state index in [0.29, 0.717) is 12.2 Å². The van der Waals surface area contributed by atoms with E-state index in [1.54, 1.807) is 17.0 Å². The van der Waals surface area contributed by atoms with Crippen LogP contribution in [0.1, 0.15) is 5.56 Å². The molecule has 1 rings (SSSR count). The summed E-state index contributed by atoms with van der Waals surface area (Å²) in [5.74, 6) is -1.03. The van der Waals surface area contributed by atoms with Crippen molar-refractivity contribution in [3.05, 3.63) is 28.2 Å². The smallest absolute Gasteiger partial charge is 0.231 e. The number of hydrogen-bond donors (Lipinski definition) is 3. The molecule has 0 spiro atoms. The molecular weight excluding hydrogens is 300 g/mol. The Morgan fingerprint density at radius 1 is 1.17 bits per heavy atom. The van der Waals surface area contributed by atoms with E-state index >= 15 is 0 Å². The highest BCUT2D eigenvalue weighted by Crippen LogP contribution is 2.20. The van der Waals surface area contributed by atoms with Crippen molar-refractivity contribution >= 4 is 33.4 Å². The van der Waals surface area contributed by atoms with Gasteiger partial charge in [0.05, 0.1) is 13.1 Å². The third-order valence-corrected chi connectivity index (χ3v) is 2.95. The number of halogens is 1. The molecule has 0 saturated heterocycles. The van der Waals surface area contributed by atoms with Crippen molar-refractivity contribution in [2.45, 2.75) is 6.54 Å². The maximum absolute atomic E-state index is 10.9. The van der Waals surface area contributed by atoms with Crippen molar-refractivity contribution in [3.63, 3.8) is 0 Å². The minimum absolute atomic E-state index is 0.0289. The fraction of sp³-hybridized carbons (Fsp3) is 0.273. The predicted molar refractivity (Wildman–Crippen MR) is 72.2 cm³/mol. The quantitative estimate of drug-likeness (QED) is 0.631. The minimum atomic E-state index is -0.513. The lowest BCUT2D eigenvalue weighted by molar-refractivity contribution is -0.122. The largest absolute Gasteiger partial charge is 0.398 e. The zero-order valence-electron chi connectivity index (χ0n) is 9.73. The Morgan fingerprint density at radius 2 is 1.72 bits per heavy atom. The summed E-state index contributed by atoms with van der Waals surface area (Å²) in [5, 5.41) is 0. The molecule has 0 aliphatic heterocycles. The normalized spacial score (nSPS) is 10.6. The van der Waals surface area contributed by atoms with Crippen molar-refractivity contribution in [1.82, 2.24) is 4.90 Å². The SMILES string of the molecule is NC(=O)CN(CC(N)=O)Cc1ccc(Br)c(N)c1. The van der Waals surface area contributed by atoms with E-state index in [1.165, 1.54) is 0 Å².